The van der Waals surface area contributed by atoms with Crippen LogP contribution in [0.25, 0.3) is 11.0 Å². The minimum atomic E-state index is 0.426. The van der Waals surface area contributed by atoms with Crippen LogP contribution in [0.5, 0.6) is 0 Å². The Kier molecular flexibility index (Phi) is 2.74. The van der Waals surface area contributed by atoms with Gasteiger partial charge in [-0.2, -0.15) is 10.2 Å². The molecule has 0 amide bonds. The van der Waals surface area contributed by atoms with Gasteiger partial charge in [-0.3, -0.25) is 9.36 Å². The van der Waals surface area contributed by atoms with Crippen molar-refractivity contribution in [2.24, 2.45) is 7.05 Å². The third-order valence-electron chi connectivity index (χ3n) is 2.99. The van der Waals surface area contributed by atoms with Crippen LogP contribution in [0, 0.1) is 13.8 Å². The SMILES string of the molecule is Cc1cc(C)n(Cc2nc(Cl)c3cnn(C)c3n2)n1. The Morgan fingerprint density at radius 3 is 2.74 bits per heavy atom. The number of nitrogens with zero attached hydrogens (tertiary/aromatic N) is 6. The molecule has 0 bridgehead atoms. The molecule has 0 fully saturated rings. The number of halogens is 1. The molecule has 0 aliphatic rings. The van der Waals surface area contributed by atoms with Crippen molar-refractivity contribution in [3.8, 4) is 0 Å². The van der Waals surface area contributed by atoms with E-state index in [1.165, 1.54) is 0 Å². The maximum atomic E-state index is 6.15. The Morgan fingerprint density at radius 2 is 2.05 bits per heavy atom. The summed E-state index contributed by atoms with van der Waals surface area (Å²) in [7, 11) is 1.83. The highest BCUT2D eigenvalue weighted by atomic mass is 35.5. The molecule has 3 rings (SSSR count). The van der Waals surface area contributed by atoms with Gasteiger partial charge in [-0.1, -0.05) is 11.6 Å². The Balaban J connectivity index is 2.06. The molecule has 3 heterocycles. The molecule has 0 aromatic carbocycles. The average Bonchev–Trinajstić information content (AvgIpc) is 2.84. The van der Waals surface area contributed by atoms with E-state index in [-0.39, 0.29) is 0 Å². The lowest BCUT2D eigenvalue weighted by Crippen LogP contribution is -2.08. The van der Waals surface area contributed by atoms with E-state index in [0.717, 1.165) is 22.4 Å². The molecule has 0 saturated carbocycles. The summed E-state index contributed by atoms with van der Waals surface area (Å²) in [4.78, 5) is 8.79. The zero-order valence-corrected chi connectivity index (χ0v) is 11.7. The van der Waals surface area contributed by atoms with Gasteiger partial charge in [0.1, 0.15) is 11.7 Å². The van der Waals surface area contributed by atoms with Crippen molar-refractivity contribution < 1.29 is 0 Å². The smallest absolute Gasteiger partial charge is 0.162 e. The molecule has 7 heteroatoms. The summed E-state index contributed by atoms with van der Waals surface area (Å²) in [5, 5.41) is 9.72. The standard InChI is InChI=1S/C12H13ClN6/c1-7-4-8(2)19(17-7)6-10-15-11(13)9-5-14-18(3)12(9)16-10/h4-5H,6H2,1-3H3. The van der Waals surface area contributed by atoms with Gasteiger partial charge in [-0.25, -0.2) is 9.97 Å². The summed E-state index contributed by atoms with van der Waals surface area (Å²) in [6.45, 7) is 4.46. The van der Waals surface area contributed by atoms with Crippen molar-refractivity contribution in [1.82, 2.24) is 29.5 Å². The maximum absolute atomic E-state index is 6.15. The van der Waals surface area contributed by atoms with Crippen LogP contribution in [0.3, 0.4) is 0 Å². The Labute approximate surface area is 115 Å². The second-order valence-corrected chi connectivity index (χ2v) is 4.88. The molecule has 98 valence electrons. The molecule has 0 radical (unpaired) electrons. The van der Waals surface area contributed by atoms with E-state index in [4.69, 9.17) is 11.6 Å². The van der Waals surface area contributed by atoms with Crippen LogP contribution >= 0.6 is 11.6 Å². The molecule has 0 atom stereocenters. The number of aromatic nitrogens is 6. The largest absolute Gasteiger partial charge is 0.262 e. The lowest BCUT2D eigenvalue weighted by molar-refractivity contribution is 0.632. The summed E-state index contributed by atoms with van der Waals surface area (Å²) in [6, 6.07) is 2.02. The van der Waals surface area contributed by atoms with Crippen LogP contribution in [0.1, 0.15) is 17.2 Å². The van der Waals surface area contributed by atoms with Gasteiger partial charge in [0.05, 0.1) is 17.3 Å². The van der Waals surface area contributed by atoms with E-state index < -0.39 is 0 Å². The number of hydrogen-bond acceptors (Lipinski definition) is 4. The topological polar surface area (TPSA) is 61.4 Å². The van der Waals surface area contributed by atoms with Gasteiger partial charge < -0.3 is 0 Å². The van der Waals surface area contributed by atoms with E-state index in [1.807, 2.05) is 31.6 Å². The van der Waals surface area contributed by atoms with E-state index in [1.54, 1.807) is 10.9 Å². The normalized spacial score (nSPS) is 11.4. The fraction of sp³-hybridized carbons (Fsp3) is 0.333. The number of rotatable bonds is 2. The van der Waals surface area contributed by atoms with Crippen molar-refractivity contribution in [3.63, 3.8) is 0 Å². The minimum absolute atomic E-state index is 0.426. The van der Waals surface area contributed by atoms with Crippen molar-refractivity contribution in [2.75, 3.05) is 0 Å². The van der Waals surface area contributed by atoms with Crippen molar-refractivity contribution >= 4 is 22.6 Å². The highest BCUT2D eigenvalue weighted by molar-refractivity contribution is 6.33. The fourth-order valence-corrected chi connectivity index (χ4v) is 2.30. The van der Waals surface area contributed by atoms with E-state index in [2.05, 4.69) is 20.2 Å². The molecule has 0 aliphatic carbocycles. The molecular formula is C12H13ClN6. The summed E-state index contributed by atoms with van der Waals surface area (Å²) in [5.74, 6) is 0.632. The first-order chi connectivity index (χ1) is 9.04. The average molecular weight is 277 g/mol. The minimum Gasteiger partial charge on any atom is -0.262 e. The molecule has 0 saturated heterocycles. The second-order valence-electron chi connectivity index (χ2n) is 4.52. The summed E-state index contributed by atoms with van der Waals surface area (Å²) in [5.41, 5.74) is 2.78. The molecule has 0 N–H and O–H groups in total. The lowest BCUT2D eigenvalue weighted by Gasteiger charge is -2.04. The molecular weight excluding hydrogens is 264 g/mol. The number of hydrogen-bond donors (Lipinski definition) is 0. The molecule has 0 unspecified atom stereocenters. The Morgan fingerprint density at radius 1 is 1.26 bits per heavy atom. The first-order valence-electron chi connectivity index (χ1n) is 5.90. The molecule has 3 aromatic heterocycles. The van der Waals surface area contributed by atoms with E-state index >= 15 is 0 Å². The van der Waals surface area contributed by atoms with Crippen LogP contribution < -0.4 is 0 Å². The Hall–Kier alpha value is -1.95. The maximum Gasteiger partial charge on any atom is 0.162 e. The van der Waals surface area contributed by atoms with Crippen LogP contribution in [-0.2, 0) is 13.6 Å². The fourth-order valence-electron chi connectivity index (χ4n) is 2.07. The van der Waals surface area contributed by atoms with Crippen LogP contribution in [0.4, 0.5) is 0 Å². The van der Waals surface area contributed by atoms with Gasteiger partial charge in [0.25, 0.3) is 0 Å². The third kappa shape index (κ3) is 2.08. The van der Waals surface area contributed by atoms with E-state index in [0.29, 0.717) is 17.5 Å². The van der Waals surface area contributed by atoms with E-state index in [9.17, 15) is 0 Å². The molecule has 3 aromatic rings. The zero-order valence-electron chi connectivity index (χ0n) is 10.9. The zero-order chi connectivity index (χ0) is 13.6. The Bertz CT molecular complexity index is 757. The van der Waals surface area contributed by atoms with Crippen LogP contribution in [0.15, 0.2) is 12.3 Å². The predicted molar refractivity (Wildman–Crippen MR) is 72.1 cm³/mol. The van der Waals surface area contributed by atoms with Gasteiger partial charge in [-0.15, -0.1) is 0 Å². The van der Waals surface area contributed by atoms with Crippen molar-refractivity contribution in [1.29, 1.82) is 0 Å². The second kappa shape index (κ2) is 4.31. The first kappa shape index (κ1) is 12.1. The third-order valence-corrected chi connectivity index (χ3v) is 3.27. The summed E-state index contributed by atoms with van der Waals surface area (Å²) < 4.78 is 3.55. The number of aryl methyl sites for hydroxylation is 3. The van der Waals surface area contributed by atoms with Crippen LogP contribution in [0.2, 0.25) is 5.15 Å². The van der Waals surface area contributed by atoms with Gasteiger partial charge >= 0.3 is 0 Å². The molecule has 0 spiro atoms. The van der Waals surface area contributed by atoms with Gasteiger partial charge in [-0.05, 0) is 19.9 Å². The van der Waals surface area contributed by atoms with Gasteiger partial charge in [0.2, 0.25) is 0 Å². The van der Waals surface area contributed by atoms with Crippen molar-refractivity contribution in [2.45, 2.75) is 20.4 Å². The predicted octanol–water partition coefficient (Wildman–Crippen LogP) is 1.88. The van der Waals surface area contributed by atoms with Crippen LogP contribution in [-0.4, -0.2) is 29.5 Å². The highest BCUT2D eigenvalue weighted by Gasteiger charge is 2.11. The molecule has 19 heavy (non-hydrogen) atoms. The van der Waals surface area contributed by atoms with Gasteiger partial charge in [0.15, 0.2) is 11.5 Å². The number of fused-ring (bicyclic) bond motifs is 1. The van der Waals surface area contributed by atoms with Gasteiger partial charge in [0, 0.05) is 12.7 Å². The monoisotopic (exact) mass is 276 g/mol. The highest BCUT2D eigenvalue weighted by Crippen LogP contribution is 2.19. The molecule has 6 nitrogen and oxygen atoms in total. The molecule has 0 aliphatic heterocycles. The lowest BCUT2D eigenvalue weighted by atomic mass is 10.4. The van der Waals surface area contributed by atoms with Crippen molar-refractivity contribution in [3.05, 3.63) is 34.6 Å². The summed E-state index contributed by atoms with van der Waals surface area (Å²) >= 11 is 6.15. The first-order valence-corrected chi connectivity index (χ1v) is 6.27. The summed E-state index contributed by atoms with van der Waals surface area (Å²) in [6.07, 6.45) is 1.67. The quantitative estimate of drug-likeness (QED) is 0.671.